The second kappa shape index (κ2) is 8.48. The number of nitrogens with zero attached hydrogens (tertiary/aromatic N) is 5. The smallest absolute Gasteiger partial charge is 0.341 e. The van der Waals surface area contributed by atoms with E-state index in [0.717, 1.165) is 12.3 Å². The van der Waals surface area contributed by atoms with E-state index in [0.29, 0.717) is 19.0 Å². The summed E-state index contributed by atoms with van der Waals surface area (Å²) in [7, 11) is 0. The Morgan fingerprint density at radius 2 is 1.78 bits per heavy atom. The van der Waals surface area contributed by atoms with Gasteiger partial charge in [0.25, 0.3) is 6.43 Å². The highest BCUT2D eigenvalue weighted by Gasteiger charge is 2.30. The fourth-order valence-electron chi connectivity index (χ4n) is 4.07. The molecule has 1 fully saturated rings. The van der Waals surface area contributed by atoms with Crippen molar-refractivity contribution in [3.8, 4) is 0 Å². The average Bonchev–Trinajstić information content (AvgIpc) is 2.79. The number of aryl methyl sites for hydroxylation is 1. The van der Waals surface area contributed by atoms with E-state index in [9.17, 15) is 23.5 Å². The largest absolute Gasteiger partial charge is 0.477 e. The molecule has 0 atom stereocenters. The van der Waals surface area contributed by atoms with Crippen molar-refractivity contribution in [3.05, 3.63) is 57.9 Å². The van der Waals surface area contributed by atoms with Crippen LogP contribution in [0.4, 0.5) is 24.8 Å². The van der Waals surface area contributed by atoms with Crippen molar-refractivity contribution in [1.29, 1.82) is 0 Å². The van der Waals surface area contributed by atoms with Crippen molar-refractivity contribution in [3.63, 3.8) is 0 Å². The van der Waals surface area contributed by atoms with E-state index < -0.39 is 34.8 Å². The molecule has 8 nitrogen and oxygen atoms in total. The molecule has 168 valence electrons. The molecule has 0 saturated carbocycles. The van der Waals surface area contributed by atoms with Gasteiger partial charge in [-0.15, -0.1) is 0 Å². The molecule has 0 unspecified atom stereocenters. The molecule has 3 heterocycles. The van der Waals surface area contributed by atoms with E-state index in [1.807, 2.05) is 4.90 Å². The molecule has 1 N–H and O–H groups in total. The van der Waals surface area contributed by atoms with Crippen LogP contribution in [0.2, 0.25) is 0 Å². The highest BCUT2D eigenvalue weighted by molar-refractivity contribution is 5.95. The molecule has 0 spiro atoms. The molecule has 11 heteroatoms. The number of pyridine rings is 1. The summed E-state index contributed by atoms with van der Waals surface area (Å²) in [4.78, 5) is 35.8. The number of aromatic carboxylic acids is 1. The Morgan fingerprint density at radius 3 is 2.34 bits per heavy atom. The van der Waals surface area contributed by atoms with Crippen LogP contribution in [-0.4, -0.2) is 51.8 Å². The summed E-state index contributed by atoms with van der Waals surface area (Å²) in [6.07, 6.45) is 1.15. The van der Waals surface area contributed by atoms with Crippen molar-refractivity contribution >= 4 is 28.5 Å². The molecule has 1 aliphatic rings. The number of carboxylic acid groups (broad SMARTS) is 1. The zero-order valence-electron chi connectivity index (χ0n) is 17.1. The predicted molar refractivity (Wildman–Crippen MR) is 112 cm³/mol. The Hall–Kier alpha value is -3.63. The number of carboxylic acids is 1. The molecular weight excluding hydrogens is 427 g/mol. The van der Waals surface area contributed by atoms with Crippen LogP contribution in [0.15, 0.2) is 35.5 Å². The summed E-state index contributed by atoms with van der Waals surface area (Å²) in [5.41, 5.74) is -2.62. The van der Waals surface area contributed by atoms with Gasteiger partial charge in [0.1, 0.15) is 11.4 Å². The lowest BCUT2D eigenvalue weighted by molar-refractivity contribution is 0.0695. The maximum Gasteiger partial charge on any atom is 0.341 e. The average molecular weight is 447 g/mol. The van der Waals surface area contributed by atoms with E-state index in [1.165, 1.54) is 9.47 Å². The second-order valence-corrected chi connectivity index (χ2v) is 7.30. The van der Waals surface area contributed by atoms with Gasteiger partial charge >= 0.3 is 5.97 Å². The molecule has 1 aromatic carbocycles. The Kier molecular flexibility index (Phi) is 5.72. The number of hydrogen-bond acceptors (Lipinski definition) is 6. The molecule has 0 radical (unpaired) electrons. The lowest BCUT2D eigenvalue weighted by atomic mass is 10.0. The molecule has 2 aromatic heterocycles. The van der Waals surface area contributed by atoms with Gasteiger partial charge in [0, 0.05) is 51.3 Å². The van der Waals surface area contributed by atoms with Gasteiger partial charge in [-0.2, -0.15) is 0 Å². The predicted octanol–water partition coefficient (Wildman–Crippen LogP) is 2.91. The number of piperazine rings is 1. The van der Waals surface area contributed by atoms with Crippen LogP contribution in [0.5, 0.6) is 0 Å². The minimum absolute atomic E-state index is 0.126. The summed E-state index contributed by atoms with van der Waals surface area (Å²) in [6, 6.07) is 2.55. The van der Waals surface area contributed by atoms with Gasteiger partial charge in [-0.05, 0) is 19.1 Å². The van der Waals surface area contributed by atoms with Crippen LogP contribution in [0.3, 0.4) is 0 Å². The van der Waals surface area contributed by atoms with Gasteiger partial charge in [-0.25, -0.2) is 27.9 Å². The minimum Gasteiger partial charge on any atom is -0.477 e. The van der Waals surface area contributed by atoms with Crippen LogP contribution in [0.1, 0.15) is 29.3 Å². The van der Waals surface area contributed by atoms with Crippen LogP contribution >= 0.6 is 0 Å². The first-order chi connectivity index (χ1) is 15.3. The van der Waals surface area contributed by atoms with E-state index in [-0.39, 0.29) is 36.2 Å². The summed E-state index contributed by atoms with van der Waals surface area (Å²) >= 11 is 0. The summed E-state index contributed by atoms with van der Waals surface area (Å²) in [5, 5.41) is 8.92. The normalized spacial score (nSPS) is 14.4. The third kappa shape index (κ3) is 3.63. The number of anilines is 2. The fourth-order valence-corrected chi connectivity index (χ4v) is 4.07. The molecule has 0 bridgehead atoms. The van der Waals surface area contributed by atoms with Crippen molar-refractivity contribution in [1.82, 2.24) is 14.5 Å². The van der Waals surface area contributed by atoms with Gasteiger partial charge in [0.2, 0.25) is 11.4 Å². The van der Waals surface area contributed by atoms with Gasteiger partial charge < -0.3 is 19.5 Å². The Bertz CT molecular complexity index is 1230. The molecular formula is C21H20F3N5O3. The fraction of sp³-hybridized carbons (Fsp3) is 0.333. The number of rotatable bonds is 5. The lowest BCUT2D eigenvalue weighted by Gasteiger charge is -2.37. The molecule has 4 rings (SSSR count). The Balaban J connectivity index is 1.83. The number of benzene rings is 1. The third-order valence-electron chi connectivity index (χ3n) is 5.54. The van der Waals surface area contributed by atoms with E-state index in [1.54, 1.807) is 25.4 Å². The highest BCUT2D eigenvalue weighted by Crippen LogP contribution is 2.38. The second-order valence-electron chi connectivity index (χ2n) is 7.30. The van der Waals surface area contributed by atoms with Gasteiger partial charge in [0.05, 0.1) is 22.2 Å². The first-order valence-corrected chi connectivity index (χ1v) is 10.0. The van der Waals surface area contributed by atoms with Gasteiger partial charge in [0.15, 0.2) is 0 Å². The van der Waals surface area contributed by atoms with Crippen molar-refractivity contribution in [2.24, 2.45) is 0 Å². The lowest BCUT2D eigenvalue weighted by Crippen LogP contribution is -2.47. The summed E-state index contributed by atoms with van der Waals surface area (Å²) in [5.74, 6) is -1.98. The highest BCUT2D eigenvalue weighted by atomic mass is 19.3. The zero-order valence-corrected chi connectivity index (χ0v) is 17.1. The number of aromatic nitrogens is 3. The maximum absolute atomic E-state index is 15.2. The van der Waals surface area contributed by atoms with Crippen LogP contribution in [0, 0.1) is 5.82 Å². The van der Waals surface area contributed by atoms with Crippen molar-refractivity contribution in [2.45, 2.75) is 19.9 Å². The monoisotopic (exact) mass is 447 g/mol. The summed E-state index contributed by atoms with van der Waals surface area (Å²) in [6.45, 7) is 3.02. The number of fused-ring (bicyclic) bond motifs is 1. The minimum atomic E-state index is -3.08. The SMILES string of the molecule is CCn1cc(C(=O)O)c(=O)c2cc(F)c(N3CCN(c4ncccn4)CC3)c(C(F)F)c21. The van der Waals surface area contributed by atoms with Crippen LogP contribution < -0.4 is 15.2 Å². The molecule has 0 aliphatic carbocycles. The van der Waals surface area contributed by atoms with Gasteiger partial charge in [-0.3, -0.25) is 4.79 Å². The van der Waals surface area contributed by atoms with E-state index >= 15 is 4.39 Å². The quantitative estimate of drug-likeness (QED) is 0.643. The topological polar surface area (TPSA) is 91.6 Å². The molecule has 0 amide bonds. The number of carbonyl (C=O) groups is 1. The van der Waals surface area contributed by atoms with Gasteiger partial charge in [-0.1, -0.05) is 0 Å². The molecule has 1 saturated heterocycles. The Labute approximate surface area is 180 Å². The number of alkyl halides is 2. The van der Waals surface area contributed by atoms with E-state index in [4.69, 9.17) is 0 Å². The van der Waals surface area contributed by atoms with Crippen LogP contribution in [-0.2, 0) is 6.54 Å². The van der Waals surface area contributed by atoms with Crippen molar-refractivity contribution in [2.75, 3.05) is 36.0 Å². The van der Waals surface area contributed by atoms with E-state index in [2.05, 4.69) is 9.97 Å². The number of hydrogen-bond donors (Lipinski definition) is 1. The third-order valence-corrected chi connectivity index (χ3v) is 5.54. The Morgan fingerprint density at radius 1 is 1.16 bits per heavy atom. The zero-order chi connectivity index (χ0) is 23.0. The van der Waals surface area contributed by atoms with Crippen LogP contribution in [0.25, 0.3) is 10.9 Å². The molecule has 1 aliphatic heterocycles. The maximum atomic E-state index is 15.2. The molecule has 3 aromatic rings. The summed E-state index contributed by atoms with van der Waals surface area (Å²) < 4.78 is 45.0. The first kappa shape index (κ1) is 21.6. The first-order valence-electron chi connectivity index (χ1n) is 10.0. The number of halogens is 3. The van der Waals surface area contributed by atoms with Crippen molar-refractivity contribution < 1.29 is 23.1 Å². The standard InChI is InChI=1S/C21H20F3N5O3/c1-2-27-11-13(20(31)32)18(30)12-10-14(22)17(15(16(12)27)19(23)24)28-6-8-29(9-7-28)21-25-4-3-5-26-21/h3-5,10-11,19H,2,6-9H2,1H3,(H,31,32). The molecule has 32 heavy (non-hydrogen) atoms.